The summed E-state index contributed by atoms with van der Waals surface area (Å²) in [6.07, 6.45) is 4.78. The fraction of sp³-hybridized carbons (Fsp3) is 0.500. The minimum atomic E-state index is 0.161. The molecule has 0 atom stereocenters. The van der Waals surface area contributed by atoms with Crippen molar-refractivity contribution in [2.24, 2.45) is 5.92 Å². The lowest BCUT2D eigenvalue weighted by molar-refractivity contribution is -0.122. The van der Waals surface area contributed by atoms with E-state index in [1.165, 1.54) is 0 Å². The highest BCUT2D eigenvalue weighted by molar-refractivity contribution is 6.09. The van der Waals surface area contributed by atoms with Gasteiger partial charge in [0.2, 0.25) is 5.91 Å². The average Bonchev–Trinajstić information content (AvgIpc) is 2.93. The Bertz CT molecular complexity index is 530. The van der Waals surface area contributed by atoms with E-state index in [9.17, 15) is 9.59 Å². The molecular weight excluding hydrogens is 238 g/mol. The first-order valence-electron chi connectivity index (χ1n) is 7.12. The van der Waals surface area contributed by atoms with E-state index in [4.69, 9.17) is 0 Å². The van der Waals surface area contributed by atoms with Crippen LogP contribution in [0.1, 0.15) is 48.0 Å². The Morgan fingerprint density at radius 1 is 1.26 bits per heavy atom. The van der Waals surface area contributed by atoms with E-state index in [1.54, 1.807) is 0 Å². The van der Waals surface area contributed by atoms with E-state index >= 15 is 0 Å². The van der Waals surface area contributed by atoms with Gasteiger partial charge in [-0.3, -0.25) is 9.59 Å². The van der Waals surface area contributed by atoms with Gasteiger partial charge in [-0.15, -0.1) is 0 Å². The van der Waals surface area contributed by atoms with Crippen LogP contribution in [0.15, 0.2) is 18.2 Å². The molecule has 19 heavy (non-hydrogen) atoms. The Morgan fingerprint density at radius 3 is 2.74 bits per heavy atom. The van der Waals surface area contributed by atoms with E-state index in [-0.39, 0.29) is 17.6 Å². The molecule has 1 saturated carbocycles. The van der Waals surface area contributed by atoms with Gasteiger partial charge in [0, 0.05) is 24.4 Å². The lowest BCUT2D eigenvalue weighted by atomic mass is 9.95. The molecule has 1 amide bonds. The monoisotopic (exact) mass is 257 g/mol. The van der Waals surface area contributed by atoms with Crippen LogP contribution in [0, 0.1) is 12.8 Å². The molecule has 0 unspecified atom stereocenters. The maximum Gasteiger partial charge on any atom is 0.230 e. The molecule has 100 valence electrons. The molecule has 0 N–H and O–H groups in total. The molecule has 2 aliphatic rings. The van der Waals surface area contributed by atoms with Crippen LogP contribution in [-0.4, -0.2) is 18.2 Å². The highest BCUT2D eigenvalue weighted by atomic mass is 16.2. The number of hydrogen-bond donors (Lipinski definition) is 0. The van der Waals surface area contributed by atoms with Gasteiger partial charge >= 0.3 is 0 Å². The summed E-state index contributed by atoms with van der Waals surface area (Å²) < 4.78 is 0. The molecule has 3 nitrogen and oxygen atoms in total. The van der Waals surface area contributed by atoms with Gasteiger partial charge < -0.3 is 4.90 Å². The van der Waals surface area contributed by atoms with E-state index in [2.05, 4.69) is 0 Å². The molecule has 1 aromatic rings. The second kappa shape index (κ2) is 4.80. The number of hydrogen-bond acceptors (Lipinski definition) is 2. The number of carbonyl (C=O) groups excluding carboxylic acids is 2. The Balaban J connectivity index is 1.98. The Labute approximate surface area is 113 Å². The number of anilines is 1. The van der Waals surface area contributed by atoms with E-state index < -0.39 is 0 Å². The van der Waals surface area contributed by atoms with Crippen molar-refractivity contribution in [3.8, 4) is 0 Å². The Kier molecular flexibility index (Phi) is 3.13. The number of rotatable bonds is 1. The van der Waals surface area contributed by atoms with Crippen molar-refractivity contribution in [2.45, 2.75) is 39.0 Å². The third-order valence-corrected chi connectivity index (χ3v) is 4.34. The summed E-state index contributed by atoms with van der Waals surface area (Å²) in [4.78, 5) is 26.5. The van der Waals surface area contributed by atoms with Crippen molar-refractivity contribution < 1.29 is 9.59 Å². The largest absolute Gasteiger partial charge is 0.311 e. The summed E-state index contributed by atoms with van der Waals surface area (Å²) in [5.74, 6) is 0.551. The minimum absolute atomic E-state index is 0.161. The van der Waals surface area contributed by atoms with Gasteiger partial charge in [-0.05, 0) is 31.4 Å². The quantitative estimate of drug-likeness (QED) is 0.775. The molecule has 0 radical (unpaired) electrons. The molecule has 1 aliphatic carbocycles. The van der Waals surface area contributed by atoms with E-state index in [1.807, 2.05) is 30.0 Å². The molecule has 1 fully saturated rings. The number of fused-ring (bicyclic) bond motifs is 1. The maximum absolute atomic E-state index is 12.6. The molecule has 3 heteroatoms. The number of nitrogens with zero attached hydrogens (tertiary/aromatic N) is 1. The first kappa shape index (κ1) is 12.4. The smallest absolute Gasteiger partial charge is 0.230 e. The summed E-state index contributed by atoms with van der Waals surface area (Å²) in [5, 5.41) is 0. The van der Waals surface area contributed by atoms with Gasteiger partial charge in [-0.2, -0.15) is 0 Å². The van der Waals surface area contributed by atoms with Gasteiger partial charge in [-0.1, -0.05) is 25.0 Å². The summed E-state index contributed by atoms with van der Waals surface area (Å²) in [6.45, 7) is 2.53. The normalized spacial score (nSPS) is 19.6. The Morgan fingerprint density at radius 2 is 2.00 bits per heavy atom. The summed E-state index contributed by atoms with van der Waals surface area (Å²) in [7, 11) is 0. The van der Waals surface area contributed by atoms with Crippen molar-refractivity contribution in [3.63, 3.8) is 0 Å². The third-order valence-electron chi connectivity index (χ3n) is 4.34. The number of benzene rings is 1. The van der Waals surface area contributed by atoms with Gasteiger partial charge in [0.05, 0.1) is 5.69 Å². The summed E-state index contributed by atoms with van der Waals surface area (Å²) in [6, 6.07) is 5.72. The minimum Gasteiger partial charge on any atom is -0.311 e. The fourth-order valence-electron chi connectivity index (χ4n) is 3.32. The first-order valence-corrected chi connectivity index (χ1v) is 7.12. The van der Waals surface area contributed by atoms with Crippen LogP contribution in [0.3, 0.4) is 0 Å². The topological polar surface area (TPSA) is 37.4 Å². The predicted molar refractivity (Wildman–Crippen MR) is 74.4 cm³/mol. The molecule has 0 spiro atoms. The average molecular weight is 257 g/mol. The summed E-state index contributed by atoms with van der Waals surface area (Å²) in [5.41, 5.74) is 2.60. The molecule has 0 bridgehead atoms. The van der Waals surface area contributed by atoms with Crippen LogP contribution in [0.5, 0.6) is 0 Å². The highest BCUT2D eigenvalue weighted by Crippen LogP contribution is 2.34. The number of para-hydroxylation sites is 1. The molecular formula is C16H19NO2. The standard InChI is InChI=1S/C16H19NO2/c1-11-5-4-8-13-14(18)9-10-17(15(11)13)16(19)12-6-2-3-7-12/h4-5,8,12H,2-3,6-7,9-10H2,1H3. The fourth-order valence-corrected chi connectivity index (χ4v) is 3.32. The molecule has 0 saturated heterocycles. The van der Waals surface area contributed by atoms with Gasteiger partial charge in [0.1, 0.15) is 0 Å². The lowest BCUT2D eigenvalue weighted by Crippen LogP contribution is -2.41. The number of Topliss-reactive ketones (excluding diaryl/α,β-unsaturated/α-hetero) is 1. The van der Waals surface area contributed by atoms with Crippen LogP contribution >= 0.6 is 0 Å². The summed E-state index contributed by atoms with van der Waals surface area (Å²) >= 11 is 0. The highest BCUT2D eigenvalue weighted by Gasteiger charge is 2.33. The lowest BCUT2D eigenvalue weighted by Gasteiger charge is -2.32. The van der Waals surface area contributed by atoms with Gasteiger partial charge in [0.15, 0.2) is 5.78 Å². The van der Waals surface area contributed by atoms with Crippen molar-refractivity contribution in [2.75, 3.05) is 11.4 Å². The number of aryl methyl sites for hydroxylation is 1. The van der Waals surface area contributed by atoms with E-state index in [0.717, 1.165) is 42.5 Å². The maximum atomic E-state index is 12.6. The molecule has 0 aromatic heterocycles. The van der Waals surface area contributed by atoms with Crippen LogP contribution in [0.25, 0.3) is 0 Å². The van der Waals surface area contributed by atoms with Crippen molar-refractivity contribution in [1.82, 2.24) is 0 Å². The van der Waals surface area contributed by atoms with Crippen molar-refractivity contribution in [1.29, 1.82) is 0 Å². The second-order valence-electron chi connectivity index (χ2n) is 5.62. The second-order valence-corrected chi connectivity index (χ2v) is 5.62. The van der Waals surface area contributed by atoms with Crippen molar-refractivity contribution >= 4 is 17.4 Å². The number of carbonyl (C=O) groups is 2. The molecule has 3 rings (SSSR count). The van der Waals surface area contributed by atoms with Crippen LogP contribution in [0.4, 0.5) is 5.69 Å². The molecule has 1 aromatic carbocycles. The zero-order chi connectivity index (χ0) is 13.4. The first-order chi connectivity index (χ1) is 9.18. The number of amides is 1. The number of ketones is 1. The molecule has 1 heterocycles. The molecule has 1 aliphatic heterocycles. The van der Waals surface area contributed by atoms with E-state index in [0.29, 0.717) is 13.0 Å². The Hall–Kier alpha value is -1.64. The van der Waals surface area contributed by atoms with Crippen molar-refractivity contribution in [3.05, 3.63) is 29.3 Å². The van der Waals surface area contributed by atoms with Crippen LogP contribution in [0.2, 0.25) is 0 Å². The van der Waals surface area contributed by atoms with Crippen LogP contribution < -0.4 is 4.90 Å². The van der Waals surface area contributed by atoms with Gasteiger partial charge in [0.25, 0.3) is 0 Å². The van der Waals surface area contributed by atoms with Gasteiger partial charge in [-0.25, -0.2) is 0 Å². The van der Waals surface area contributed by atoms with Crippen LogP contribution in [-0.2, 0) is 4.79 Å². The third kappa shape index (κ3) is 2.07. The zero-order valence-electron chi connectivity index (χ0n) is 11.3. The SMILES string of the molecule is Cc1cccc2c1N(C(=O)C1CCCC1)CCC2=O. The predicted octanol–water partition coefficient (Wildman–Crippen LogP) is 3.10. The zero-order valence-corrected chi connectivity index (χ0v) is 11.3.